The highest BCUT2D eigenvalue weighted by molar-refractivity contribution is 6.00. The third kappa shape index (κ3) is 0.959. The summed E-state index contributed by atoms with van der Waals surface area (Å²) in [6.07, 6.45) is 0.761. The molecule has 0 amide bonds. The molecule has 1 atom stereocenters. The minimum Gasteiger partial charge on any atom is -0.471 e. The van der Waals surface area contributed by atoms with Crippen molar-refractivity contribution in [3.05, 3.63) is 11.3 Å². The van der Waals surface area contributed by atoms with Gasteiger partial charge in [0.05, 0.1) is 12.2 Å². The minimum atomic E-state index is 0.0988. The number of allylic oxidation sites excluding steroid dienone is 1. The Kier molecular flexibility index (Phi) is 1.46. The summed E-state index contributed by atoms with van der Waals surface area (Å²) in [5.41, 5.74) is 0.753. The Morgan fingerprint density at radius 2 is 2.36 bits per heavy atom. The number of ketones is 1. The van der Waals surface area contributed by atoms with Crippen molar-refractivity contribution in [2.45, 2.75) is 13.3 Å². The van der Waals surface area contributed by atoms with E-state index < -0.39 is 0 Å². The van der Waals surface area contributed by atoms with Crippen LogP contribution in [0.2, 0.25) is 0 Å². The lowest BCUT2D eigenvalue weighted by Crippen LogP contribution is -2.15. The second kappa shape index (κ2) is 2.34. The maximum Gasteiger partial charge on any atom is 0.188 e. The second-order valence-corrected chi connectivity index (χ2v) is 2.98. The standard InChI is InChI=1S/C8H10O3/c1-5-2-7-6(8(5)9)3-10-4-11-7/h5H,2-4H2,1H3. The van der Waals surface area contributed by atoms with Crippen molar-refractivity contribution in [3.63, 3.8) is 0 Å². The zero-order chi connectivity index (χ0) is 7.84. The van der Waals surface area contributed by atoms with Gasteiger partial charge in [0.25, 0.3) is 0 Å². The van der Waals surface area contributed by atoms with E-state index in [4.69, 9.17) is 9.47 Å². The molecule has 60 valence electrons. The quantitative estimate of drug-likeness (QED) is 0.519. The van der Waals surface area contributed by atoms with Crippen LogP contribution in [0.25, 0.3) is 0 Å². The molecule has 1 heterocycles. The number of rotatable bonds is 0. The van der Waals surface area contributed by atoms with Crippen LogP contribution in [-0.2, 0) is 14.3 Å². The molecule has 3 nitrogen and oxygen atoms in total. The first-order chi connectivity index (χ1) is 5.29. The maximum absolute atomic E-state index is 11.3. The zero-order valence-corrected chi connectivity index (χ0v) is 6.42. The van der Waals surface area contributed by atoms with Crippen molar-refractivity contribution in [1.29, 1.82) is 0 Å². The number of ether oxygens (including phenoxy) is 2. The Balaban J connectivity index is 2.27. The van der Waals surface area contributed by atoms with Crippen LogP contribution >= 0.6 is 0 Å². The van der Waals surface area contributed by atoms with Crippen LogP contribution in [0, 0.1) is 5.92 Å². The Labute approximate surface area is 65.0 Å². The fourth-order valence-electron chi connectivity index (χ4n) is 1.48. The van der Waals surface area contributed by atoms with E-state index in [2.05, 4.69) is 0 Å². The van der Waals surface area contributed by atoms with E-state index >= 15 is 0 Å². The van der Waals surface area contributed by atoms with Crippen molar-refractivity contribution in [1.82, 2.24) is 0 Å². The lowest BCUT2D eigenvalue weighted by molar-refractivity contribution is -0.119. The molecular weight excluding hydrogens is 144 g/mol. The molecule has 0 fully saturated rings. The van der Waals surface area contributed by atoms with Crippen LogP contribution in [0.5, 0.6) is 0 Å². The van der Waals surface area contributed by atoms with E-state index in [1.54, 1.807) is 0 Å². The first-order valence-electron chi connectivity index (χ1n) is 3.76. The largest absolute Gasteiger partial charge is 0.471 e. The Hall–Kier alpha value is -0.830. The smallest absolute Gasteiger partial charge is 0.188 e. The molecule has 0 bridgehead atoms. The molecule has 2 rings (SSSR count). The van der Waals surface area contributed by atoms with Crippen LogP contribution in [-0.4, -0.2) is 19.2 Å². The molecular formula is C8H10O3. The van der Waals surface area contributed by atoms with Gasteiger partial charge in [-0.15, -0.1) is 0 Å². The van der Waals surface area contributed by atoms with E-state index in [1.165, 1.54) is 0 Å². The van der Waals surface area contributed by atoms with Crippen molar-refractivity contribution >= 4 is 5.78 Å². The Bertz CT molecular complexity index is 229. The molecule has 0 spiro atoms. The molecule has 0 saturated carbocycles. The van der Waals surface area contributed by atoms with Gasteiger partial charge in [-0.1, -0.05) is 6.92 Å². The summed E-state index contributed by atoms with van der Waals surface area (Å²) in [5, 5.41) is 0. The normalized spacial score (nSPS) is 30.3. The van der Waals surface area contributed by atoms with Crippen LogP contribution in [0.1, 0.15) is 13.3 Å². The topological polar surface area (TPSA) is 35.5 Å². The molecule has 1 unspecified atom stereocenters. The molecule has 3 heteroatoms. The van der Waals surface area contributed by atoms with Crippen molar-refractivity contribution in [2.24, 2.45) is 5.92 Å². The number of carbonyl (C=O) groups excluding carboxylic acids is 1. The predicted octanol–water partition coefficient (Wildman–Crippen LogP) is 0.854. The fourth-order valence-corrected chi connectivity index (χ4v) is 1.48. The van der Waals surface area contributed by atoms with E-state index in [0.717, 1.165) is 17.8 Å². The summed E-state index contributed by atoms with van der Waals surface area (Å²) in [7, 11) is 0. The lowest BCUT2D eigenvalue weighted by Gasteiger charge is -2.14. The summed E-state index contributed by atoms with van der Waals surface area (Å²) in [4.78, 5) is 11.3. The summed E-state index contributed by atoms with van der Waals surface area (Å²) < 4.78 is 10.2. The summed E-state index contributed by atoms with van der Waals surface area (Å²) >= 11 is 0. The summed E-state index contributed by atoms with van der Waals surface area (Å²) in [6.45, 7) is 2.67. The fraction of sp³-hybridized carbons (Fsp3) is 0.625. The van der Waals surface area contributed by atoms with E-state index in [1.807, 2.05) is 6.92 Å². The average Bonchev–Trinajstić information content (AvgIpc) is 2.30. The first-order valence-corrected chi connectivity index (χ1v) is 3.76. The molecule has 2 aliphatic rings. The highest BCUT2D eigenvalue weighted by Crippen LogP contribution is 2.30. The van der Waals surface area contributed by atoms with Crippen molar-refractivity contribution in [2.75, 3.05) is 13.4 Å². The molecule has 1 aliphatic carbocycles. The van der Waals surface area contributed by atoms with Gasteiger partial charge in [-0.3, -0.25) is 4.79 Å². The molecule has 0 aromatic rings. The van der Waals surface area contributed by atoms with Gasteiger partial charge in [-0.25, -0.2) is 0 Å². The third-order valence-electron chi connectivity index (χ3n) is 2.14. The van der Waals surface area contributed by atoms with Gasteiger partial charge in [-0.2, -0.15) is 0 Å². The van der Waals surface area contributed by atoms with Gasteiger partial charge in [0, 0.05) is 12.3 Å². The SMILES string of the molecule is CC1CC2=C(COCO2)C1=O. The van der Waals surface area contributed by atoms with Gasteiger partial charge in [0.15, 0.2) is 12.6 Å². The number of carbonyl (C=O) groups is 1. The second-order valence-electron chi connectivity index (χ2n) is 2.98. The van der Waals surface area contributed by atoms with Crippen LogP contribution < -0.4 is 0 Å². The number of hydrogen-bond donors (Lipinski definition) is 0. The summed E-state index contributed by atoms with van der Waals surface area (Å²) in [5.74, 6) is 1.15. The Morgan fingerprint density at radius 1 is 1.55 bits per heavy atom. The van der Waals surface area contributed by atoms with Gasteiger partial charge in [0.1, 0.15) is 5.76 Å². The molecule has 11 heavy (non-hydrogen) atoms. The highest BCUT2D eigenvalue weighted by Gasteiger charge is 2.32. The average molecular weight is 154 g/mol. The monoisotopic (exact) mass is 154 g/mol. The van der Waals surface area contributed by atoms with Gasteiger partial charge in [0.2, 0.25) is 0 Å². The molecule has 1 aliphatic heterocycles. The Morgan fingerprint density at radius 3 is 3.09 bits per heavy atom. The van der Waals surface area contributed by atoms with Crippen LogP contribution in [0.4, 0.5) is 0 Å². The molecule has 0 aromatic heterocycles. The highest BCUT2D eigenvalue weighted by atomic mass is 16.7. The van der Waals surface area contributed by atoms with Crippen molar-refractivity contribution < 1.29 is 14.3 Å². The number of hydrogen-bond acceptors (Lipinski definition) is 3. The van der Waals surface area contributed by atoms with Crippen molar-refractivity contribution in [3.8, 4) is 0 Å². The van der Waals surface area contributed by atoms with Crippen LogP contribution in [0.3, 0.4) is 0 Å². The van der Waals surface area contributed by atoms with Gasteiger partial charge in [-0.05, 0) is 0 Å². The summed E-state index contributed by atoms with van der Waals surface area (Å²) in [6, 6.07) is 0. The first kappa shape index (κ1) is 6.85. The van der Waals surface area contributed by atoms with E-state index in [0.29, 0.717) is 13.4 Å². The van der Waals surface area contributed by atoms with E-state index in [-0.39, 0.29) is 11.7 Å². The molecule has 0 radical (unpaired) electrons. The molecule has 0 aromatic carbocycles. The zero-order valence-electron chi connectivity index (χ0n) is 6.42. The van der Waals surface area contributed by atoms with Crippen LogP contribution in [0.15, 0.2) is 11.3 Å². The number of Topliss-reactive ketones (excluding diaryl/α,β-unsaturated/α-hetero) is 1. The predicted molar refractivity (Wildman–Crippen MR) is 37.7 cm³/mol. The molecule has 0 N–H and O–H groups in total. The van der Waals surface area contributed by atoms with Gasteiger partial charge < -0.3 is 9.47 Å². The van der Waals surface area contributed by atoms with Gasteiger partial charge >= 0.3 is 0 Å². The maximum atomic E-state index is 11.3. The minimum absolute atomic E-state index is 0.0988. The molecule has 0 saturated heterocycles. The van der Waals surface area contributed by atoms with E-state index in [9.17, 15) is 4.79 Å². The lowest BCUT2D eigenvalue weighted by atomic mass is 10.1. The third-order valence-corrected chi connectivity index (χ3v) is 2.14.